The summed E-state index contributed by atoms with van der Waals surface area (Å²) < 4.78 is 14.7. The predicted molar refractivity (Wildman–Crippen MR) is 216 cm³/mol. The van der Waals surface area contributed by atoms with Crippen LogP contribution >= 0.6 is 9.24 Å². The first kappa shape index (κ1) is 47.4. The van der Waals surface area contributed by atoms with Gasteiger partial charge in [-0.1, -0.05) is 111 Å². The number of aromatic nitrogens is 2. The third kappa shape index (κ3) is 15.6. The van der Waals surface area contributed by atoms with Crippen LogP contribution in [0.4, 0.5) is 4.39 Å². The number of carboxylic acids is 1. The standard InChI is InChI=1S/C19H21N3O2.C10H13F.C7H12.C2H7P.2C2H6/c1-11-9-10-20-22(11)14(4)13(3)21-18-8-7-15-12(2)16(19(23)24)5-6-17(15)18;1-3-8-5-6-10(11)9(4-2)7-8;1-5-7(4)6(2)3;1-2-3;2*1-2/h5-6,9-10,18,21H,3-4,7-8H2,1-2H3,(H,23,24);5-7H,3-4H2,1-2H3;2,4-5H2,1,3H3;2-3H2,1H3;2*1-2H3. The SMILES string of the molecule is C=C(C)C(=C)CC.C=C(NC1CCc2c1ccc(C(=O)O)c2C)C(=C)n1nccc1C.CC.CC.CCP.CCc1ccc(F)c(CC)c1. The number of rotatable bonds is 9. The molecule has 2 N–H and O–H groups in total. The summed E-state index contributed by atoms with van der Waals surface area (Å²) in [4.78, 5) is 11.3. The van der Waals surface area contributed by atoms with Crippen LogP contribution in [0.3, 0.4) is 0 Å². The molecular weight excluding hydrogens is 628 g/mol. The molecule has 2 aromatic carbocycles. The average molecular weight is 694 g/mol. The Labute approximate surface area is 300 Å². The lowest BCUT2D eigenvalue weighted by atomic mass is 9.98. The number of hydrogen-bond donors (Lipinski definition) is 2. The highest BCUT2D eigenvalue weighted by Gasteiger charge is 2.26. The third-order valence-corrected chi connectivity index (χ3v) is 7.64. The molecule has 3 aromatic rings. The molecule has 0 fully saturated rings. The zero-order valence-electron chi connectivity index (χ0n) is 32.4. The van der Waals surface area contributed by atoms with Crippen molar-refractivity contribution in [1.29, 1.82) is 0 Å². The third-order valence-electron chi connectivity index (χ3n) is 7.64. The van der Waals surface area contributed by atoms with Crippen LogP contribution in [0.15, 0.2) is 85.8 Å². The minimum Gasteiger partial charge on any atom is -0.478 e. The van der Waals surface area contributed by atoms with Crippen LogP contribution in [0.1, 0.15) is 125 Å². The molecule has 1 aliphatic rings. The fraction of sp³-hybridized carbons (Fsp3) is 0.429. The number of allylic oxidation sites excluding steroid dienone is 3. The molecule has 0 amide bonds. The van der Waals surface area contributed by atoms with Crippen LogP contribution in [0.25, 0.3) is 5.70 Å². The normalized spacial score (nSPS) is 11.8. The van der Waals surface area contributed by atoms with Gasteiger partial charge in [0, 0.05) is 11.9 Å². The van der Waals surface area contributed by atoms with Gasteiger partial charge >= 0.3 is 5.97 Å². The summed E-state index contributed by atoms with van der Waals surface area (Å²) in [6, 6.07) is 11.0. The Morgan fingerprint density at radius 1 is 1.00 bits per heavy atom. The van der Waals surface area contributed by atoms with Crippen LogP contribution in [0.2, 0.25) is 0 Å². The number of benzene rings is 2. The molecule has 0 saturated heterocycles. The summed E-state index contributed by atoms with van der Waals surface area (Å²) in [7, 11) is 2.58. The summed E-state index contributed by atoms with van der Waals surface area (Å²) in [6.07, 6.45) is 7.45. The van der Waals surface area contributed by atoms with Crippen molar-refractivity contribution in [3.63, 3.8) is 0 Å². The average Bonchev–Trinajstić information content (AvgIpc) is 3.73. The molecule has 272 valence electrons. The fourth-order valence-corrected chi connectivity index (χ4v) is 4.76. The second kappa shape index (κ2) is 26.2. The van der Waals surface area contributed by atoms with Crippen molar-refractivity contribution in [3.8, 4) is 0 Å². The highest BCUT2D eigenvalue weighted by molar-refractivity contribution is 7.16. The van der Waals surface area contributed by atoms with E-state index < -0.39 is 5.97 Å². The van der Waals surface area contributed by atoms with Crippen molar-refractivity contribution in [3.05, 3.63) is 131 Å². The van der Waals surface area contributed by atoms with Crippen molar-refractivity contribution in [2.24, 2.45) is 0 Å². The van der Waals surface area contributed by atoms with E-state index in [4.69, 9.17) is 0 Å². The second-order valence-corrected chi connectivity index (χ2v) is 11.8. The topological polar surface area (TPSA) is 67.2 Å². The smallest absolute Gasteiger partial charge is 0.335 e. The van der Waals surface area contributed by atoms with E-state index in [2.05, 4.69) is 66.7 Å². The van der Waals surface area contributed by atoms with Crippen LogP contribution < -0.4 is 5.32 Å². The number of carbonyl (C=O) groups is 1. The summed E-state index contributed by atoms with van der Waals surface area (Å²) >= 11 is 0. The van der Waals surface area contributed by atoms with Gasteiger partial charge in [-0.25, -0.2) is 13.9 Å². The van der Waals surface area contributed by atoms with E-state index in [0.717, 1.165) is 76.9 Å². The van der Waals surface area contributed by atoms with E-state index >= 15 is 0 Å². The number of carboxylic acid groups (broad SMARTS) is 1. The largest absolute Gasteiger partial charge is 0.478 e. The van der Waals surface area contributed by atoms with Gasteiger partial charge in [0.15, 0.2) is 0 Å². The number of halogens is 1. The van der Waals surface area contributed by atoms with Gasteiger partial charge in [-0.3, -0.25) is 0 Å². The van der Waals surface area contributed by atoms with Gasteiger partial charge < -0.3 is 10.4 Å². The molecule has 0 aliphatic heterocycles. The molecule has 0 saturated carbocycles. The maximum Gasteiger partial charge on any atom is 0.335 e. The number of aryl methyl sites for hydroxylation is 3. The molecule has 7 heteroatoms. The van der Waals surface area contributed by atoms with Crippen LogP contribution in [-0.2, 0) is 19.3 Å². The molecule has 2 unspecified atom stereocenters. The van der Waals surface area contributed by atoms with Gasteiger partial charge in [0.25, 0.3) is 0 Å². The van der Waals surface area contributed by atoms with Crippen LogP contribution in [0, 0.1) is 19.7 Å². The minimum atomic E-state index is -0.876. The van der Waals surface area contributed by atoms with Crippen LogP contribution in [0.5, 0.6) is 0 Å². The molecule has 1 aromatic heterocycles. The fourth-order valence-electron chi connectivity index (χ4n) is 4.76. The molecule has 49 heavy (non-hydrogen) atoms. The first-order valence-corrected chi connectivity index (χ1v) is 18.4. The Bertz CT molecular complexity index is 1490. The summed E-state index contributed by atoms with van der Waals surface area (Å²) in [5.41, 5.74) is 10.2. The molecular formula is C42H65FN3O2P. The van der Waals surface area contributed by atoms with E-state index in [1.807, 2.05) is 79.7 Å². The van der Waals surface area contributed by atoms with Crippen molar-refractivity contribution in [2.75, 3.05) is 6.16 Å². The Morgan fingerprint density at radius 2 is 1.59 bits per heavy atom. The van der Waals surface area contributed by atoms with Gasteiger partial charge in [0.2, 0.25) is 0 Å². The zero-order valence-corrected chi connectivity index (χ0v) is 33.5. The molecule has 1 aliphatic carbocycles. The van der Waals surface area contributed by atoms with Gasteiger partial charge in [-0.15, -0.1) is 9.24 Å². The molecule has 2 atom stereocenters. The Balaban J connectivity index is 0. The second-order valence-electron chi connectivity index (χ2n) is 10.9. The Kier molecular flexibility index (Phi) is 25.3. The summed E-state index contributed by atoms with van der Waals surface area (Å²) in [5, 5.41) is 16.9. The predicted octanol–water partition coefficient (Wildman–Crippen LogP) is 11.9. The zero-order chi connectivity index (χ0) is 38.3. The molecule has 4 rings (SSSR count). The number of fused-ring (bicyclic) bond motifs is 1. The Hall–Kier alpha value is -3.76. The van der Waals surface area contributed by atoms with Crippen molar-refractivity contribution in [2.45, 2.75) is 114 Å². The molecule has 0 spiro atoms. The van der Waals surface area contributed by atoms with E-state index in [-0.39, 0.29) is 11.9 Å². The molecule has 0 radical (unpaired) electrons. The first-order valence-electron chi connectivity index (χ1n) is 17.6. The monoisotopic (exact) mass is 693 g/mol. The van der Waals surface area contributed by atoms with Crippen molar-refractivity contribution in [1.82, 2.24) is 15.1 Å². The minimum absolute atomic E-state index is 0.0790. The summed E-state index contributed by atoms with van der Waals surface area (Å²) in [6.45, 7) is 37.7. The van der Waals surface area contributed by atoms with E-state index in [1.54, 1.807) is 23.0 Å². The van der Waals surface area contributed by atoms with Crippen molar-refractivity contribution < 1.29 is 14.3 Å². The van der Waals surface area contributed by atoms with Gasteiger partial charge in [-0.2, -0.15) is 5.10 Å². The molecule has 1 heterocycles. The number of nitrogens with one attached hydrogen (secondary N) is 1. The number of hydrogen-bond acceptors (Lipinski definition) is 3. The molecule has 0 bridgehead atoms. The maximum atomic E-state index is 12.9. The first-order chi connectivity index (χ1) is 23.3. The van der Waals surface area contributed by atoms with Gasteiger partial charge in [-0.05, 0) is 105 Å². The molecule has 5 nitrogen and oxygen atoms in total. The summed E-state index contributed by atoms with van der Waals surface area (Å²) in [5.74, 6) is -0.955. The van der Waals surface area contributed by atoms with Gasteiger partial charge in [0.05, 0.1) is 23.0 Å². The highest BCUT2D eigenvalue weighted by atomic mass is 31.0. The Morgan fingerprint density at radius 3 is 2.02 bits per heavy atom. The highest BCUT2D eigenvalue weighted by Crippen LogP contribution is 2.35. The van der Waals surface area contributed by atoms with Crippen LogP contribution in [-0.4, -0.2) is 27.0 Å². The number of aromatic carboxylic acids is 1. The quantitative estimate of drug-likeness (QED) is 0.173. The van der Waals surface area contributed by atoms with Crippen molar-refractivity contribution >= 4 is 20.9 Å². The van der Waals surface area contributed by atoms with E-state index in [0.29, 0.717) is 11.3 Å². The number of nitrogens with zero attached hydrogens (tertiary/aromatic N) is 2. The van der Waals surface area contributed by atoms with E-state index in [1.165, 1.54) is 11.7 Å². The maximum absolute atomic E-state index is 12.9. The lowest BCUT2D eigenvalue weighted by molar-refractivity contribution is 0.0696. The van der Waals surface area contributed by atoms with E-state index in [9.17, 15) is 14.3 Å². The lowest BCUT2D eigenvalue weighted by Crippen LogP contribution is -2.21. The van der Waals surface area contributed by atoms with Gasteiger partial charge in [0.1, 0.15) is 5.82 Å². The lowest BCUT2D eigenvalue weighted by Gasteiger charge is -2.20.